The van der Waals surface area contributed by atoms with Crippen LogP contribution in [0.15, 0.2) is 59.6 Å². The molecule has 0 amide bonds. The fourth-order valence-corrected chi connectivity index (χ4v) is 1.66. The van der Waals surface area contributed by atoms with Crippen LogP contribution >= 0.6 is 0 Å². The predicted molar refractivity (Wildman–Crippen MR) is 74.5 cm³/mol. The van der Waals surface area contributed by atoms with Crippen molar-refractivity contribution in [2.45, 2.75) is 0 Å². The zero-order valence-electron chi connectivity index (χ0n) is 10.2. The van der Waals surface area contributed by atoms with Gasteiger partial charge in [0.15, 0.2) is 0 Å². The quantitative estimate of drug-likeness (QED) is 0.728. The number of anilines is 1. The third-order valence-corrected chi connectivity index (χ3v) is 2.53. The molecule has 0 unspecified atom stereocenters. The van der Waals surface area contributed by atoms with Crippen molar-refractivity contribution in [1.29, 1.82) is 0 Å². The van der Waals surface area contributed by atoms with E-state index in [1.807, 2.05) is 62.8 Å². The molecule has 0 saturated heterocycles. The van der Waals surface area contributed by atoms with Crippen LogP contribution in [-0.2, 0) is 0 Å². The van der Waals surface area contributed by atoms with E-state index in [-0.39, 0.29) is 0 Å². The van der Waals surface area contributed by atoms with E-state index in [0.29, 0.717) is 0 Å². The highest BCUT2D eigenvalue weighted by Gasteiger charge is 1.99. The summed E-state index contributed by atoms with van der Waals surface area (Å²) < 4.78 is 0. The van der Waals surface area contributed by atoms with Gasteiger partial charge in [-0.15, -0.1) is 0 Å². The Morgan fingerprint density at radius 3 is 2.24 bits per heavy atom. The van der Waals surface area contributed by atoms with Crippen LogP contribution in [0.25, 0.3) is 0 Å². The largest absolute Gasteiger partial charge is 0.377 e. The maximum absolute atomic E-state index is 4.47. The van der Waals surface area contributed by atoms with Crippen molar-refractivity contribution in [3.8, 4) is 0 Å². The Morgan fingerprint density at radius 1 is 0.882 bits per heavy atom. The van der Waals surface area contributed by atoms with Crippen LogP contribution in [0.3, 0.4) is 0 Å². The highest BCUT2D eigenvalue weighted by molar-refractivity contribution is 5.89. The fraction of sp³-hybridized carbons (Fsp3) is 0.133. The average molecular weight is 224 g/mol. The van der Waals surface area contributed by atoms with Crippen molar-refractivity contribution in [3.05, 3.63) is 60.2 Å². The molecule has 0 aromatic heterocycles. The van der Waals surface area contributed by atoms with Gasteiger partial charge in [0.1, 0.15) is 0 Å². The minimum atomic E-state index is 0.973. The van der Waals surface area contributed by atoms with Gasteiger partial charge in [0.2, 0.25) is 0 Å². The summed E-state index contributed by atoms with van der Waals surface area (Å²) in [5.41, 5.74) is 3.27. The monoisotopic (exact) mass is 224 g/mol. The molecule has 0 aliphatic rings. The molecule has 2 aromatic rings. The normalized spacial score (nSPS) is 10.7. The van der Waals surface area contributed by atoms with Gasteiger partial charge < -0.3 is 4.90 Å². The summed E-state index contributed by atoms with van der Waals surface area (Å²) in [6.45, 7) is 0. The molecule has 0 atom stereocenters. The molecular formula is C15H16N2. The molecule has 2 nitrogen and oxygen atoms in total. The zero-order chi connectivity index (χ0) is 12.1. The van der Waals surface area contributed by atoms with Gasteiger partial charge in [0.25, 0.3) is 0 Å². The fourth-order valence-electron chi connectivity index (χ4n) is 1.66. The summed E-state index contributed by atoms with van der Waals surface area (Å²) in [6, 6.07) is 18.2. The van der Waals surface area contributed by atoms with Gasteiger partial charge in [0, 0.05) is 31.6 Å². The average Bonchev–Trinajstić information content (AvgIpc) is 2.38. The van der Waals surface area contributed by atoms with Crippen LogP contribution in [0.1, 0.15) is 5.56 Å². The van der Waals surface area contributed by atoms with E-state index in [0.717, 1.165) is 11.3 Å². The third kappa shape index (κ3) is 2.94. The molecule has 2 aromatic carbocycles. The first-order chi connectivity index (χ1) is 8.27. The molecule has 17 heavy (non-hydrogen) atoms. The summed E-state index contributed by atoms with van der Waals surface area (Å²) in [7, 11) is 4.07. The van der Waals surface area contributed by atoms with Gasteiger partial charge in [-0.1, -0.05) is 36.4 Å². The van der Waals surface area contributed by atoms with Crippen molar-refractivity contribution in [2.75, 3.05) is 19.0 Å². The molecule has 0 N–H and O–H groups in total. The Balaban J connectivity index is 2.27. The Labute approximate surface area is 102 Å². The molecule has 86 valence electrons. The van der Waals surface area contributed by atoms with Gasteiger partial charge >= 0.3 is 0 Å². The summed E-state index contributed by atoms with van der Waals surface area (Å²) in [4.78, 5) is 6.56. The highest BCUT2D eigenvalue weighted by atomic mass is 15.1. The van der Waals surface area contributed by atoms with Crippen molar-refractivity contribution >= 4 is 17.6 Å². The van der Waals surface area contributed by atoms with Crippen molar-refractivity contribution in [3.63, 3.8) is 0 Å². The minimum Gasteiger partial charge on any atom is -0.377 e. The maximum Gasteiger partial charge on any atom is 0.0629 e. The first-order valence-electron chi connectivity index (χ1n) is 5.63. The molecule has 0 spiro atoms. The zero-order valence-corrected chi connectivity index (χ0v) is 10.2. The molecular weight excluding hydrogens is 208 g/mol. The first-order valence-corrected chi connectivity index (χ1v) is 5.63. The molecule has 0 fully saturated rings. The second-order valence-electron chi connectivity index (χ2n) is 4.05. The van der Waals surface area contributed by atoms with Crippen LogP contribution < -0.4 is 4.90 Å². The predicted octanol–water partition coefficient (Wildman–Crippen LogP) is 3.50. The molecule has 0 bridgehead atoms. The van der Waals surface area contributed by atoms with E-state index in [2.05, 4.69) is 22.0 Å². The molecule has 0 heterocycles. The lowest BCUT2D eigenvalue weighted by Crippen LogP contribution is -2.10. The van der Waals surface area contributed by atoms with E-state index in [1.165, 1.54) is 5.69 Å². The van der Waals surface area contributed by atoms with Crippen LogP contribution in [0.5, 0.6) is 0 Å². The summed E-state index contributed by atoms with van der Waals surface area (Å²) in [6.07, 6.45) is 1.91. The summed E-state index contributed by atoms with van der Waals surface area (Å²) >= 11 is 0. The number of rotatable bonds is 3. The van der Waals surface area contributed by atoms with Gasteiger partial charge in [0.05, 0.1) is 5.69 Å². The van der Waals surface area contributed by atoms with Crippen LogP contribution in [0.4, 0.5) is 11.4 Å². The highest BCUT2D eigenvalue weighted by Crippen LogP contribution is 2.17. The Kier molecular flexibility index (Phi) is 3.55. The molecule has 0 aliphatic carbocycles. The second-order valence-corrected chi connectivity index (χ2v) is 4.05. The van der Waals surface area contributed by atoms with Crippen LogP contribution in [-0.4, -0.2) is 20.3 Å². The van der Waals surface area contributed by atoms with Crippen LogP contribution in [0.2, 0.25) is 0 Å². The van der Waals surface area contributed by atoms with Crippen molar-refractivity contribution in [2.24, 2.45) is 4.99 Å². The van der Waals surface area contributed by atoms with Crippen molar-refractivity contribution in [1.82, 2.24) is 0 Å². The lowest BCUT2D eigenvalue weighted by atomic mass is 10.2. The number of aliphatic imine (C=N–C) groups is 1. The van der Waals surface area contributed by atoms with E-state index in [1.54, 1.807) is 0 Å². The molecule has 2 heteroatoms. The Hall–Kier alpha value is -2.09. The van der Waals surface area contributed by atoms with E-state index < -0.39 is 0 Å². The SMILES string of the molecule is CN(C)c1ccccc1C=Nc1ccccc1. The molecule has 2 rings (SSSR count). The number of nitrogens with zero attached hydrogens (tertiary/aromatic N) is 2. The number of benzene rings is 2. The van der Waals surface area contributed by atoms with E-state index in [9.17, 15) is 0 Å². The van der Waals surface area contributed by atoms with Crippen LogP contribution in [0, 0.1) is 0 Å². The van der Waals surface area contributed by atoms with E-state index in [4.69, 9.17) is 0 Å². The maximum atomic E-state index is 4.47. The summed E-state index contributed by atoms with van der Waals surface area (Å²) in [5, 5.41) is 0. The lowest BCUT2D eigenvalue weighted by molar-refractivity contribution is 1.13. The first kappa shape index (κ1) is 11.4. The standard InChI is InChI=1S/C15H16N2/c1-17(2)15-11-7-6-8-13(15)12-16-14-9-4-3-5-10-14/h3-12H,1-2H3. The molecule has 0 radical (unpaired) electrons. The Bertz CT molecular complexity index is 501. The third-order valence-electron chi connectivity index (χ3n) is 2.53. The Morgan fingerprint density at radius 2 is 1.53 bits per heavy atom. The van der Waals surface area contributed by atoms with Gasteiger partial charge in [-0.3, -0.25) is 4.99 Å². The van der Waals surface area contributed by atoms with Gasteiger partial charge in [-0.25, -0.2) is 0 Å². The molecule has 0 saturated carbocycles. The number of hydrogen-bond donors (Lipinski definition) is 0. The minimum absolute atomic E-state index is 0.973. The summed E-state index contributed by atoms with van der Waals surface area (Å²) in [5.74, 6) is 0. The van der Waals surface area contributed by atoms with E-state index >= 15 is 0 Å². The van der Waals surface area contributed by atoms with Crippen molar-refractivity contribution < 1.29 is 0 Å². The van der Waals surface area contributed by atoms with Gasteiger partial charge in [-0.2, -0.15) is 0 Å². The van der Waals surface area contributed by atoms with Gasteiger partial charge in [-0.05, 0) is 18.2 Å². The second kappa shape index (κ2) is 5.30. The lowest BCUT2D eigenvalue weighted by Gasteiger charge is -2.14. The number of para-hydroxylation sites is 2. The number of hydrogen-bond acceptors (Lipinski definition) is 2. The topological polar surface area (TPSA) is 15.6 Å². The molecule has 0 aliphatic heterocycles. The smallest absolute Gasteiger partial charge is 0.0629 e.